The van der Waals surface area contributed by atoms with Crippen molar-refractivity contribution < 1.29 is 13.6 Å². The Morgan fingerprint density at radius 2 is 2.09 bits per heavy atom. The number of halogens is 2. The van der Waals surface area contributed by atoms with Crippen LogP contribution in [0.25, 0.3) is 0 Å². The molecule has 0 radical (unpaired) electrons. The average Bonchev–Trinajstić information content (AvgIpc) is 3.01. The van der Waals surface area contributed by atoms with Crippen LogP contribution in [-0.2, 0) is 7.05 Å². The molecule has 1 aromatic heterocycles. The molecule has 1 N–H and O–H groups in total. The molecule has 1 aromatic carbocycles. The molecule has 0 fully saturated rings. The number of carbonyl (C=O) groups excluding carboxylic acids is 1. The summed E-state index contributed by atoms with van der Waals surface area (Å²) in [6.07, 6.45) is -0.430. The van der Waals surface area contributed by atoms with Crippen LogP contribution >= 0.6 is 0 Å². The lowest BCUT2D eigenvalue weighted by Crippen LogP contribution is -2.15. The highest BCUT2D eigenvalue weighted by molar-refractivity contribution is 6.05. The molecule has 23 heavy (non-hydrogen) atoms. The summed E-state index contributed by atoms with van der Waals surface area (Å²) >= 11 is 0. The van der Waals surface area contributed by atoms with E-state index in [-0.39, 0.29) is 5.56 Å². The van der Waals surface area contributed by atoms with Crippen LogP contribution in [0.15, 0.2) is 24.4 Å². The first kappa shape index (κ1) is 15.6. The maximum atomic E-state index is 13.0. The fourth-order valence-corrected chi connectivity index (χ4v) is 3.48. The fraction of sp³-hybridized carbons (Fsp3) is 0.412. The molecule has 0 spiro atoms. The maximum absolute atomic E-state index is 13.0. The topological polar surface area (TPSA) is 46.9 Å². The van der Waals surface area contributed by atoms with Crippen molar-refractivity contribution in [3.8, 4) is 0 Å². The van der Waals surface area contributed by atoms with E-state index >= 15 is 0 Å². The normalized spacial score (nSPS) is 19.9. The van der Waals surface area contributed by atoms with Gasteiger partial charge in [-0.3, -0.25) is 9.48 Å². The van der Waals surface area contributed by atoms with Gasteiger partial charge in [-0.1, -0.05) is 26.0 Å². The van der Waals surface area contributed by atoms with Gasteiger partial charge in [0.25, 0.3) is 12.3 Å². The van der Waals surface area contributed by atoms with Crippen molar-refractivity contribution in [1.29, 1.82) is 0 Å². The summed E-state index contributed by atoms with van der Waals surface area (Å²) in [6.45, 7) is 4.27. The number of fused-ring (bicyclic) bond motifs is 1. The van der Waals surface area contributed by atoms with Gasteiger partial charge in [0.15, 0.2) is 0 Å². The summed E-state index contributed by atoms with van der Waals surface area (Å²) in [7, 11) is 1.52. The average molecular weight is 319 g/mol. The third-order valence-electron chi connectivity index (χ3n) is 4.43. The first-order chi connectivity index (χ1) is 10.9. The summed E-state index contributed by atoms with van der Waals surface area (Å²) in [6, 6.07) is 5.78. The molecule has 0 aliphatic heterocycles. The minimum absolute atomic E-state index is 0.0844. The predicted octanol–water partition coefficient (Wildman–Crippen LogP) is 4.22. The third-order valence-corrected chi connectivity index (χ3v) is 4.43. The van der Waals surface area contributed by atoms with Crippen molar-refractivity contribution >= 4 is 11.6 Å². The highest BCUT2D eigenvalue weighted by Gasteiger charge is 2.29. The number of amides is 1. The molecule has 3 rings (SSSR count). The van der Waals surface area contributed by atoms with Crippen LogP contribution in [0.5, 0.6) is 0 Å². The number of hydrogen-bond donors (Lipinski definition) is 1. The van der Waals surface area contributed by atoms with Crippen LogP contribution in [-0.4, -0.2) is 15.7 Å². The number of aryl methyl sites for hydroxylation is 1. The molecule has 1 amide bonds. The van der Waals surface area contributed by atoms with E-state index in [1.165, 1.54) is 23.5 Å². The number of aromatic nitrogens is 2. The first-order valence-corrected chi connectivity index (χ1v) is 7.64. The minimum Gasteiger partial charge on any atom is -0.322 e. The Hall–Kier alpha value is -2.24. The highest BCUT2D eigenvalue weighted by Crippen LogP contribution is 2.44. The van der Waals surface area contributed by atoms with E-state index in [0.717, 1.165) is 12.0 Å². The monoisotopic (exact) mass is 319 g/mol. The lowest BCUT2D eigenvalue weighted by atomic mass is 10.0. The number of carbonyl (C=O) groups is 1. The maximum Gasteiger partial charge on any atom is 0.282 e. The van der Waals surface area contributed by atoms with Crippen molar-refractivity contribution in [3.63, 3.8) is 0 Å². The smallest absolute Gasteiger partial charge is 0.282 e. The van der Waals surface area contributed by atoms with Crippen LogP contribution in [0.1, 0.15) is 65.7 Å². The van der Waals surface area contributed by atoms with E-state index in [4.69, 9.17) is 0 Å². The molecule has 1 aliphatic carbocycles. The standard InChI is InChI=1S/C17H19F2N3O/c1-9-7-10(2)14-11(9)5-4-6-13(14)20-17(23)12-8-22(3)21-15(12)16(18)19/h4-6,8-10,16H,7H2,1-3H3,(H,20,23)/t9-,10+/m0/s1. The highest BCUT2D eigenvalue weighted by atomic mass is 19.3. The zero-order valence-electron chi connectivity index (χ0n) is 13.3. The zero-order chi connectivity index (χ0) is 16.7. The summed E-state index contributed by atoms with van der Waals surface area (Å²) in [5, 5.41) is 6.47. The Labute approximate surface area is 133 Å². The number of alkyl halides is 2. The predicted molar refractivity (Wildman–Crippen MR) is 84.0 cm³/mol. The molecule has 0 saturated carbocycles. The lowest BCUT2D eigenvalue weighted by Gasteiger charge is -2.13. The van der Waals surface area contributed by atoms with Gasteiger partial charge >= 0.3 is 0 Å². The lowest BCUT2D eigenvalue weighted by molar-refractivity contribution is 0.101. The minimum atomic E-state index is -2.78. The van der Waals surface area contributed by atoms with Crippen molar-refractivity contribution in [2.24, 2.45) is 7.05 Å². The SMILES string of the molecule is C[C@@H]1C[C@H](C)c2cccc(NC(=O)c3cn(C)nc3C(F)F)c21. The Morgan fingerprint density at radius 1 is 1.35 bits per heavy atom. The summed E-state index contributed by atoms with van der Waals surface area (Å²) in [5.41, 5.74) is 2.46. The molecule has 1 aliphatic rings. The molecular formula is C17H19F2N3O. The Kier molecular flexibility index (Phi) is 3.92. The van der Waals surface area contributed by atoms with Crippen molar-refractivity contribution in [2.75, 3.05) is 5.32 Å². The van der Waals surface area contributed by atoms with Crippen molar-refractivity contribution in [1.82, 2.24) is 9.78 Å². The number of nitrogens with zero attached hydrogens (tertiary/aromatic N) is 2. The molecular weight excluding hydrogens is 300 g/mol. The molecule has 0 bridgehead atoms. The van der Waals surface area contributed by atoms with Crippen LogP contribution in [0.2, 0.25) is 0 Å². The Morgan fingerprint density at radius 3 is 2.78 bits per heavy atom. The van der Waals surface area contributed by atoms with Gasteiger partial charge in [-0.15, -0.1) is 0 Å². The molecule has 0 unspecified atom stereocenters. The second-order valence-corrected chi connectivity index (χ2v) is 6.20. The van der Waals surface area contributed by atoms with E-state index < -0.39 is 18.0 Å². The van der Waals surface area contributed by atoms with Gasteiger partial charge in [-0.2, -0.15) is 5.10 Å². The summed E-state index contributed by atoms with van der Waals surface area (Å²) in [4.78, 5) is 12.4. The third kappa shape index (κ3) is 2.73. The molecule has 1 heterocycles. The van der Waals surface area contributed by atoms with E-state index in [9.17, 15) is 13.6 Å². The molecule has 6 heteroatoms. The van der Waals surface area contributed by atoms with Gasteiger partial charge in [0.2, 0.25) is 0 Å². The zero-order valence-corrected chi connectivity index (χ0v) is 13.3. The van der Waals surface area contributed by atoms with Gasteiger partial charge in [0, 0.05) is 18.9 Å². The quantitative estimate of drug-likeness (QED) is 0.920. The van der Waals surface area contributed by atoms with Gasteiger partial charge in [0.05, 0.1) is 5.56 Å². The second kappa shape index (κ2) is 5.76. The van der Waals surface area contributed by atoms with Crippen molar-refractivity contribution in [3.05, 3.63) is 46.8 Å². The van der Waals surface area contributed by atoms with E-state index in [1.807, 2.05) is 12.1 Å². The number of benzene rings is 1. The van der Waals surface area contributed by atoms with E-state index in [1.54, 1.807) is 0 Å². The van der Waals surface area contributed by atoms with Crippen LogP contribution in [0, 0.1) is 0 Å². The number of hydrogen-bond acceptors (Lipinski definition) is 2. The van der Waals surface area contributed by atoms with E-state index in [2.05, 4.69) is 30.3 Å². The van der Waals surface area contributed by atoms with Crippen LogP contribution in [0.3, 0.4) is 0 Å². The van der Waals surface area contributed by atoms with Crippen LogP contribution in [0.4, 0.5) is 14.5 Å². The number of anilines is 1. The Bertz CT molecular complexity index is 754. The second-order valence-electron chi connectivity index (χ2n) is 6.20. The first-order valence-electron chi connectivity index (χ1n) is 7.64. The fourth-order valence-electron chi connectivity index (χ4n) is 3.48. The van der Waals surface area contributed by atoms with Gasteiger partial charge < -0.3 is 5.32 Å². The Balaban J connectivity index is 1.94. The summed E-state index contributed by atoms with van der Waals surface area (Å²) < 4.78 is 27.3. The summed E-state index contributed by atoms with van der Waals surface area (Å²) in [5.74, 6) is 0.223. The largest absolute Gasteiger partial charge is 0.322 e. The molecule has 0 saturated heterocycles. The van der Waals surface area contributed by atoms with Gasteiger partial charge in [0.1, 0.15) is 5.69 Å². The molecule has 122 valence electrons. The molecule has 2 atom stereocenters. The molecule has 2 aromatic rings. The van der Waals surface area contributed by atoms with Crippen LogP contribution < -0.4 is 5.32 Å². The number of nitrogens with one attached hydrogen (secondary N) is 1. The van der Waals surface area contributed by atoms with Gasteiger partial charge in [-0.25, -0.2) is 8.78 Å². The van der Waals surface area contributed by atoms with Crippen molar-refractivity contribution in [2.45, 2.75) is 38.5 Å². The molecule has 4 nitrogen and oxygen atoms in total. The van der Waals surface area contributed by atoms with Gasteiger partial charge in [-0.05, 0) is 35.4 Å². The van der Waals surface area contributed by atoms with E-state index in [0.29, 0.717) is 17.5 Å². The number of rotatable bonds is 3.